The molecule has 8 heteroatoms. The number of ether oxygens (including phenoxy) is 1. The number of benzene rings is 2. The highest BCUT2D eigenvalue weighted by Gasteiger charge is 2.40. The van der Waals surface area contributed by atoms with E-state index < -0.39 is 16.1 Å². The van der Waals surface area contributed by atoms with Gasteiger partial charge in [0.1, 0.15) is 17.4 Å². The molecule has 1 heterocycles. The molecular weight excluding hydrogens is 436 g/mol. The molecule has 1 aliphatic rings. The fourth-order valence-corrected chi connectivity index (χ4v) is 5.42. The predicted octanol–water partition coefficient (Wildman–Crippen LogP) is 4.69. The smallest absolute Gasteiger partial charge is 0.244 e. The van der Waals surface area contributed by atoms with Crippen molar-refractivity contribution in [3.05, 3.63) is 59.1 Å². The number of carbonyl (C=O) groups is 1. The SMILES string of the molecule is CCC1(CC)C[C@@H](NC(=O)[C@H](C)N(c2ccc(Cl)cc2)S(C)(=O)=O)c2ccccc2O1. The summed E-state index contributed by atoms with van der Waals surface area (Å²) in [4.78, 5) is 13.3. The van der Waals surface area contributed by atoms with Gasteiger partial charge in [-0.15, -0.1) is 0 Å². The van der Waals surface area contributed by atoms with Gasteiger partial charge in [0.25, 0.3) is 0 Å². The molecule has 1 amide bonds. The lowest BCUT2D eigenvalue weighted by Gasteiger charge is -2.42. The molecule has 0 radical (unpaired) electrons. The summed E-state index contributed by atoms with van der Waals surface area (Å²) in [5.41, 5.74) is 0.916. The Hall–Kier alpha value is -2.25. The monoisotopic (exact) mass is 464 g/mol. The van der Waals surface area contributed by atoms with Gasteiger partial charge in [0.15, 0.2) is 0 Å². The first kappa shape index (κ1) is 23.4. The van der Waals surface area contributed by atoms with Crippen molar-refractivity contribution in [3.63, 3.8) is 0 Å². The normalized spacial score (nSPS) is 18.4. The first-order valence-corrected chi connectivity index (χ1v) is 12.7. The van der Waals surface area contributed by atoms with Crippen LogP contribution in [0.5, 0.6) is 5.75 Å². The van der Waals surface area contributed by atoms with Crippen LogP contribution in [0.2, 0.25) is 5.02 Å². The van der Waals surface area contributed by atoms with E-state index in [1.54, 1.807) is 31.2 Å². The minimum Gasteiger partial charge on any atom is -0.487 e. The van der Waals surface area contributed by atoms with Gasteiger partial charge in [-0.25, -0.2) is 8.42 Å². The van der Waals surface area contributed by atoms with Crippen LogP contribution in [0.3, 0.4) is 0 Å². The van der Waals surface area contributed by atoms with E-state index in [1.165, 1.54) is 0 Å². The quantitative estimate of drug-likeness (QED) is 0.644. The summed E-state index contributed by atoms with van der Waals surface area (Å²) in [5, 5.41) is 3.57. The molecule has 0 aliphatic carbocycles. The maximum atomic E-state index is 13.3. The molecule has 2 aromatic rings. The number of carbonyl (C=O) groups excluding carboxylic acids is 1. The number of halogens is 1. The summed E-state index contributed by atoms with van der Waals surface area (Å²) >= 11 is 5.94. The van der Waals surface area contributed by atoms with Crippen LogP contribution in [0.25, 0.3) is 0 Å². The first-order chi connectivity index (χ1) is 14.6. The molecule has 3 rings (SSSR count). The molecule has 0 spiro atoms. The summed E-state index contributed by atoms with van der Waals surface area (Å²) in [6.45, 7) is 5.73. The predicted molar refractivity (Wildman–Crippen MR) is 124 cm³/mol. The number of amides is 1. The lowest BCUT2D eigenvalue weighted by molar-refractivity contribution is -0.123. The van der Waals surface area contributed by atoms with Crippen molar-refractivity contribution in [3.8, 4) is 5.75 Å². The van der Waals surface area contributed by atoms with Gasteiger partial charge in [-0.3, -0.25) is 9.10 Å². The number of anilines is 1. The highest BCUT2D eigenvalue weighted by molar-refractivity contribution is 7.92. The van der Waals surface area contributed by atoms with Crippen LogP contribution in [0.15, 0.2) is 48.5 Å². The average molecular weight is 465 g/mol. The third-order valence-corrected chi connectivity index (χ3v) is 7.47. The van der Waals surface area contributed by atoms with E-state index in [4.69, 9.17) is 16.3 Å². The van der Waals surface area contributed by atoms with Crippen molar-refractivity contribution in [2.75, 3.05) is 10.6 Å². The maximum absolute atomic E-state index is 13.3. The standard InChI is InChI=1S/C23H29ClN2O4S/c1-5-23(6-2)15-20(19-9-7-8-10-21(19)30-23)25-22(27)16(3)26(31(4,28)29)18-13-11-17(24)12-14-18/h7-14,16,20H,5-6,15H2,1-4H3,(H,25,27)/t16-,20+/m0/s1. The van der Waals surface area contributed by atoms with Gasteiger partial charge in [0.2, 0.25) is 15.9 Å². The number of nitrogens with one attached hydrogen (secondary N) is 1. The Bertz CT molecular complexity index is 1040. The minimum absolute atomic E-state index is 0.272. The van der Waals surface area contributed by atoms with E-state index in [-0.39, 0.29) is 17.6 Å². The fraction of sp³-hybridized carbons (Fsp3) is 0.435. The second-order valence-electron chi connectivity index (χ2n) is 8.01. The van der Waals surface area contributed by atoms with Crippen LogP contribution >= 0.6 is 11.6 Å². The molecule has 0 saturated carbocycles. The van der Waals surface area contributed by atoms with Gasteiger partial charge in [-0.05, 0) is 50.1 Å². The topological polar surface area (TPSA) is 75.7 Å². The number of para-hydroxylation sites is 1. The van der Waals surface area contributed by atoms with E-state index in [9.17, 15) is 13.2 Å². The third-order valence-electron chi connectivity index (χ3n) is 5.97. The van der Waals surface area contributed by atoms with Gasteiger partial charge in [-0.2, -0.15) is 0 Å². The second-order valence-corrected chi connectivity index (χ2v) is 10.3. The van der Waals surface area contributed by atoms with Crippen LogP contribution in [0.1, 0.15) is 51.6 Å². The lowest BCUT2D eigenvalue weighted by Crippen LogP contribution is -2.51. The molecule has 2 atom stereocenters. The number of rotatable bonds is 7. The van der Waals surface area contributed by atoms with Crippen molar-refractivity contribution in [1.82, 2.24) is 5.32 Å². The fourth-order valence-electron chi connectivity index (χ4n) is 4.12. The molecule has 2 aromatic carbocycles. The average Bonchev–Trinajstić information content (AvgIpc) is 2.74. The van der Waals surface area contributed by atoms with Crippen molar-refractivity contribution in [2.45, 2.75) is 57.7 Å². The Morgan fingerprint density at radius 2 is 1.81 bits per heavy atom. The first-order valence-electron chi connectivity index (χ1n) is 10.4. The number of fused-ring (bicyclic) bond motifs is 1. The molecule has 6 nitrogen and oxygen atoms in total. The number of sulfonamides is 1. The summed E-state index contributed by atoms with van der Waals surface area (Å²) in [6, 6.07) is 12.8. The highest BCUT2D eigenvalue weighted by atomic mass is 35.5. The summed E-state index contributed by atoms with van der Waals surface area (Å²) in [6.07, 6.45) is 3.32. The van der Waals surface area contributed by atoms with Gasteiger partial charge in [0.05, 0.1) is 18.0 Å². The molecule has 0 unspecified atom stereocenters. The lowest BCUT2D eigenvalue weighted by atomic mass is 9.83. The van der Waals surface area contributed by atoms with Crippen LogP contribution in [0, 0.1) is 0 Å². The van der Waals surface area contributed by atoms with Gasteiger partial charge >= 0.3 is 0 Å². The van der Waals surface area contributed by atoms with Gasteiger partial charge < -0.3 is 10.1 Å². The van der Waals surface area contributed by atoms with Gasteiger partial charge in [-0.1, -0.05) is 43.6 Å². The molecule has 0 bridgehead atoms. The molecule has 1 N–H and O–H groups in total. The zero-order valence-corrected chi connectivity index (χ0v) is 19.8. The Kier molecular flexibility index (Phi) is 6.86. The molecule has 0 aromatic heterocycles. The Morgan fingerprint density at radius 1 is 1.19 bits per heavy atom. The van der Waals surface area contributed by atoms with Gasteiger partial charge in [0, 0.05) is 17.0 Å². The molecule has 0 fully saturated rings. The zero-order valence-electron chi connectivity index (χ0n) is 18.3. The van der Waals surface area contributed by atoms with Crippen molar-refractivity contribution in [2.24, 2.45) is 0 Å². The van der Waals surface area contributed by atoms with Crippen LogP contribution < -0.4 is 14.4 Å². The third kappa shape index (κ3) is 4.99. The molecular formula is C23H29ClN2O4S. The van der Waals surface area contributed by atoms with Crippen molar-refractivity contribution in [1.29, 1.82) is 0 Å². The van der Waals surface area contributed by atoms with Crippen LogP contribution in [0.4, 0.5) is 5.69 Å². The summed E-state index contributed by atoms with van der Waals surface area (Å²) in [7, 11) is -3.70. The zero-order chi connectivity index (χ0) is 22.8. The second kappa shape index (κ2) is 9.09. The maximum Gasteiger partial charge on any atom is 0.244 e. The number of hydrogen-bond acceptors (Lipinski definition) is 4. The van der Waals surface area contributed by atoms with Crippen LogP contribution in [-0.2, 0) is 14.8 Å². The van der Waals surface area contributed by atoms with E-state index in [1.807, 2.05) is 24.3 Å². The summed E-state index contributed by atoms with van der Waals surface area (Å²) in [5.74, 6) is 0.385. The van der Waals surface area contributed by atoms with E-state index in [0.717, 1.165) is 34.7 Å². The molecule has 168 valence electrons. The van der Waals surface area contributed by atoms with Crippen molar-refractivity contribution >= 4 is 33.2 Å². The number of nitrogens with zero attached hydrogens (tertiary/aromatic N) is 1. The molecule has 0 saturated heterocycles. The minimum atomic E-state index is -3.70. The molecule has 31 heavy (non-hydrogen) atoms. The highest BCUT2D eigenvalue weighted by Crippen LogP contribution is 2.42. The van der Waals surface area contributed by atoms with Crippen LogP contribution in [-0.4, -0.2) is 32.2 Å². The Balaban J connectivity index is 1.90. The van der Waals surface area contributed by atoms with E-state index in [0.29, 0.717) is 17.1 Å². The largest absolute Gasteiger partial charge is 0.487 e. The Labute approximate surface area is 189 Å². The summed E-state index contributed by atoms with van der Waals surface area (Å²) < 4.78 is 32.5. The van der Waals surface area contributed by atoms with Crippen molar-refractivity contribution < 1.29 is 17.9 Å². The Morgan fingerprint density at radius 3 is 2.39 bits per heavy atom. The molecule has 1 aliphatic heterocycles. The van der Waals surface area contributed by atoms with E-state index >= 15 is 0 Å². The van der Waals surface area contributed by atoms with E-state index in [2.05, 4.69) is 19.2 Å². The number of hydrogen-bond donors (Lipinski definition) is 1.